The number of carbonyl (C=O) groups is 1. The van der Waals surface area contributed by atoms with Gasteiger partial charge in [0.05, 0.1) is 18.8 Å². The highest BCUT2D eigenvalue weighted by Crippen LogP contribution is 2.35. The zero-order chi connectivity index (χ0) is 29.0. The van der Waals surface area contributed by atoms with Crippen LogP contribution in [0.2, 0.25) is 0 Å². The van der Waals surface area contributed by atoms with Gasteiger partial charge in [-0.05, 0) is 67.6 Å². The van der Waals surface area contributed by atoms with Crippen LogP contribution in [0, 0.1) is 6.92 Å². The number of Topliss-reactive ketones (excluding diaryl/α,β-unsaturated/α-hetero) is 1. The number of ether oxygens (including phenoxy) is 4. The fourth-order valence-electron chi connectivity index (χ4n) is 4.63. The van der Waals surface area contributed by atoms with Crippen molar-refractivity contribution in [2.75, 3.05) is 13.2 Å². The van der Waals surface area contributed by atoms with Crippen molar-refractivity contribution in [1.82, 2.24) is 0 Å². The lowest BCUT2D eigenvalue weighted by atomic mass is 10.0. The standard InChI is InChI=1S/C36H40O5/c1-5-14-30-33(19-12-20-34(30)41-32-18-11-10-15-26(32)3)38-21-13-22-39-35-24-36(31(27(4)37)23-29(35)6-2)40-25-28-16-8-7-9-17-28/h7-12,15-20,23-24H,5-6,13-14,21-22,25H2,1-4H3. The summed E-state index contributed by atoms with van der Waals surface area (Å²) in [4.78, 5) is 12.4. The summed E-state index contributed by atoms with van der Waals surface area (Å²) < 4.78 is 24.8. The van der Waals surface area contributed by atoms with Gasteiger partial charge in [0.25, 0.3) is 0 Å². The van der Waals surface area contributed by atoms with Crippen LogP contribution in [0.4, 0.5) is 0 Å². The molecule has 5 nitrogen and oxygen atoms in total. The van der Waals surface area contributed by atoms with E-state index in [2.05, 4.69) is 13.8 Å². The Balaban J connectivity index is 1.39. The molecule has 0 aliphatic rings. The second-order valence-corrected chi connectivity index (χ2v) is 10.0. The largest absolute Gasteiger partial charge is 0.493 e. The number of carbonyl (C=O) groups excluding carboxylic acids is 1. The van der Waals surface area contributed by atoms with E-state index in [1.807, 2.05) is 91.9 Å². The molecule has 0 saturated heterocycles. The van der Waals surface area contributed by atoms with Gasteiger partial charge in [-0.1, -0.05) is 74.9 Å². The molecular weight excluding hydrogens is 512 g/mol. The van der Waals surface area contributed by atoms with E-state index >= 15 is 0 Å². The minimum atomic E-state index is -0.0285. The first kappa shape index (κ1) is 29.7. The van der Waals surface area contributed by atoms with Crippen molar-refractivity contribution in [3.63, 3.8) is 0 Å². The Bertz CT molecular complexity index is 1430. The third-order valence-electron chi connectivity index (χ3n) is 6.87. The first-order chi connectivity index (χ1) is 20.0. The molecule has 0 aromatic heterocycles. The highest BCUT2D eigenvalue weighted by molar-refractivity contribution is 5.97. The maximum Gasteiger partial charge on any atom is 0.163 e. The maximum absolute atomic E-state index is 12.4. The number of para-hydroxylation sites is 1. The minimum absolute atomic E-state index is 0.0285. The highest BCUT2D eigenvalue weighted by Gasteiger charge is 2.16. The Morgan fingerprint density at radius 1 is 0.707 bits per heavy atom. The molecule has 0 saturated carbocycles. The van der Waals surface area contributed by atoms with Gasteiger partial charge >= 0.3 is 0 Å². The number of rotatable bonds is 15. The fraction of sp³-hybridized carbons (Fsp3) is 0.306. The second-order valence-electron chi connectivity index (χ2n) is 10.0. The third-order valence-corrected chi connectivity index (χ3v) is 6.87. The van der Waals surface area contributed by atoms with Crippen LogP contribution in [0.25, 0.3) is 0 Å². The van der Waals surface area contributed by atoms with Gasteiger partial charge in [0.1, 0.15) is 35.4 Å². The molecule has 0 fully saturated rings. The van der Waals surface area contributed by atoms with Gasteiger partial charge in [0, 0.05) is 18.1 Å². The van der Waals surface area contributed by atoms with Crippen molar-refractivity contribution in [1.29, 1.82) is 0 Å². The van der Waals surface area contributed by atoms with Gasteiger partial charge in [0.15, 0.2) is 5.78 Å². The second kappa shape index (κ2) is 14.9. The smallest absolute Gasteiger partial charge is 0.163 e. The van der Waals surface area contributed by atoms with Crippen LogP contribution < -0.4 is 18.9 Å². The van der Waals surface area contributed by atoms with Crippen LogP contribution >= 0.6 is 0 Å². The summed E-state index contributed by atoms with van der Waals surface area (Å²) in [7, 11) is 0. The molecule has 0 radical (unpaired) electrons. The van der Waals surface area contributed by atoms with Crippen LogP contribution in [-0.4, -0.2) is 19.0 Å². The molecule has 0 aliphatic carbocycles. The first-order valence-corrected chi connectivity index (χ1v) is 14.5. The highest BCUT2D eigenvalue weighted by atomic mass is 16.5. The molecule has 0 bridgehead atoms. The van der Waals surface area contributed by atoms with Crippen LogP contribution in [-0.2, 0) is 19.4 Å². The Morgan fingerprint density at radius 3 is 2.10 bits per heavy atom. The maximum atomic E-state index is 12.4. The van der Waals surface area contributed by atoms with Crippen LogP contribution in [0.3, 0.4) is 0 Å². The number of hydrogen-bond donors (Lipinski definition) is 0. The Kier molecular flexibility index (Phi) is 10.8. The molecule has 0 spiro atoms. The lowest BCUT2D eigenvalue weighted by Gasteiger charge is -2.18. The molecule has 4 aromatic rings. The molecule has 0 amide bonds. The van der Waals surface area contributed by atoms with E-state index in [-0.39, 0.29) is 5.78 Å². The molecule has 214 valence electrons. The SMILES string of the molecule is CCCc1c(OCCCOc2cc(OCc3ccccc3)c(C(C)=O)cc2CC)cccc1Oc1ccccc1C. The Labute approximate surface area is 244 Å². The molecule has 0 atom stereocenters. The Hall–Kier alpha value is -4.25. The topological polar surface area (TPSA) is 54.0 Å². The number of ketones is 1. The van der Waals surface area contributed by atoms with Crippen LogP contribution in [0.5, 0.6) is 28.7 Å². The van der Waals surface area contributed by atoms with E-state index in [0.717, 1.165) is 64.5 Å². The molecule has 0 aliphatic heterocycles. The van der Waals surface area contributed by atoms with Crippen molar-refractivity contribution in [3.8, 4) is 28.7 Å². The monoisotopic (exact) mass is 552 g/mol. The molecule has 5 heteroatoms. The van der Waals surface area contributed by atoms with E-state index in [1.165, 1.54) is 0 Å². The van der Waals surface area contributed by atoms with Gasteiger partial charge in [0.2, 0.25) is 0 Å². The minimum Gasteiger partial charge on any atom is -0.493 e. The summed E-state index contributed by atoms with van der Waals surface area (Å²) in [5.74, 6) is 3.77. The molecule has 0 N–H and O–H groups in total. The summed E-state index contributed by atoms with van der Waals surface area (Å²) in [6, 6.07) is 27.7. The molecule has 4 rings (SSSR count). The van der Waals surface area contributed by atoms with Gasteiger partial charge in [-0.3, -0.25) is 4.79 Å². The number of aryl methyl sites for hydroxylation is 2. The zero-order valence-corrected chi connectivity index (χ0v) is 24.6. The van der Waals surface area contributed by atoms with Gasteiger partial charge in [-0.15, -0.1) is 0 Å². The van der Waals surface area contributed by atoms with Gasteiger partial charge in [-0.25, -0.2) is 0 Å². The van der Waals surface area contributed by atoms with E-state index in [0.29, 0.717) is 37.6 Å². The molecular formula is C36H40O5. The van der Waals surface area contributed by atoms with Crippen LogP contribution in [0.1, 0.15) is 66.2 Å². The van der Waals surface area contributed by atoms with Crippen LogP contribution in [0.15, 0.2) is 84.9 Å². The van der Waals surface area contributed by atoms with Crippen molar-refractivity contribution in [2.45, 2.75) is 60.0 Å². The fourth-order valence-corrected chi connectivity index (χ4v) is 4.63. The first-order valence-electron chi connectivity index (χ1n) is 14.5. The molecule has 4 aromatic carbocycles. The van der Waals surface area contributed by atoms with Crippen molar-refractivity contribution >= 4 is 5.78 Å². The van der Waals surface area contributed by atoms with Gasteiger partial charge < -0.3 is 18.9 Å². The summed E-state index contributed by atoms with van der Waals surface area (Å²) >= 11 is 0. The quantitative estimate of drug-likeness (QED) is 0.109. The van der Waals surface area contributed by atoms with E-state index in [1.54, 1.807) is 6.92 Å². The Morgan fingerprint density at radius 2 is 1.39 bits per heavy atom. The van der Waals surface area contributed by atoms with Crippen molar-refractivity contribution < 1.29 is 23.7 Å². The third kappa shape index (κ3) is 8.14. The van der Waals surface area contributed by atoms with E-state index < -0.39 is 0 Å². The van der Waals surface area contributed by atoms with E-state index in [4.69, 9.17) is 18.9 Å². The summed E-state index contributed by atoms with van der Waals surface area (Å²) in [5.41, 5.74) is 4.76. The summed E-state index contributed by atoms with van der Waals surface area (Å²) in [5, 5.41) is 0. The molecule has 41 heavy (non-hydrogen) atoms. The predicted molar refractivity (Wildman–Crippen MR) is 164 cm³/mol. The molecule has 0 unspecified atom stereocenters. The average molecular weight is 553 g/mol. The summed E-state index contributed by atoms with van der Waals surface area (Å²) in [6.45, 7) is 9.19. The van der Waals surface area contributed by atoms with E-state index in [9.17, 15) is 4.79 Å². The summed E-state index contributed by atoms with van der Waals surface area (Å²) in [6.07, 6.45) is 3.30. The number of hydrogen-bond acceptors (Lipinski definition) is 5. The van der Waals surface area contributed by atoms with Crippen molar-refractivity contribution in [3.05, 3.63) is 113 Å². The van der Waals surface area contributed by atoms with Gasteiger partial charge in [-0.2, -0.15) is 0 Å². The zero-order valence-electron chi connectivity index (χ0n) is 24.6. The lowest BCUT2D eigenvalue weighted by Crippen LogP contribution is -2.09. The normalized spacial score (nSPS) is 10.7. The molecule has 0 heterocycles. The van der Waals surface area contributed by atoms with Crippen molar-refractivity contribution in [2.24, 2.45) is 0 Å². The average Bonchev–Trinajstić information content (AvgIpc) is 2.98. The number of benzene rings is 4. The lowest BCUT2D eigenvalue weighted by molar-refractivity contribution is 0.101. The predicted octanol–water partition coefficient (Wildman–Crippen LogP) is 8.93.